The van der Waals surface area contributed by atoms with Gasteiger partial charge in [-0.05, 0) is 36.2 Å². The molecule has 1 aromatic heterocycles. The number of nitriles is 1. The van der Waals surface area contributed by atoms with Crippen molar-refractivity contribution in [1.82, 2.24) is 0 Å². The third-order valence-electron chi connectivity index (χ3n) is 2.77. The zero-order valence-corrected chi connectivity index (χ0v) is 11.3. The van der Waals surface area contributed by atoms with Crippen LogP contribution in [0.2, 0.25) is 0 Å². The number of thiophene rings is 1. The predicted octanol–water partition coefficient (Wildman–Crippen LogP) is 3.99. The molecule has 2 aromatic rings. The van der Waals surface area contributed by atoms with Crippen molar-refractivity contribution in [2.24, 2.45) is 0 Å². The first-order chi connectivity index (χ1) is 8.81. The Hall–Kier alpha value is -1.79. The standard InChI is InChI=1S/C15H16N2S/c1-2-14-7-8-15(18-14)11-17-13-5-3-12(4-6-13)9-10-16/h3-8,17H,2,9,11H2,1H3. The van der Waals surface area contributed by atoms with Crippen LogP contribution in [0.15, 0.2) is 36.4 Å². The first kappa shape index (κ1) is 12.7. The van der Waals surface area contributed by atoms with Crippen molar-refractivity contribution in [3.05, 3.63) is 51.7 Å². The van der Waals surface area contributed by atoms with Crippen molar-refractivity contribution in [3.63, 3.8) is 0 Å². The summed E-state index contributed by atoms with van der Waals surface area (Å²) in [5, 5.41) is 12.0. The van der Waals surface area contributed by atoms with Crippen molar-refractivity contribution in [1.29, 1.82) is 5.26 Å². The number of rotatable bonds is 5. The van der Waals surface area contributed by atoms with E-state index in [1.54, 1.807) is 0 Å². The molecule has 92 valence electrons. The Morgan fingerprint density at radius 2 is 1.83 bits per heavy atom. The second-order valence-electron chi connectivity index (χ2n) is 4.11. The molecule has 0 saturated heterocycles. The lowest BCUT2D eigenvalue weighted by molar-refractivity contribution is 1.18. The minimum absolute atomic E-state index is 0.477. The summed E-state index contributed by atoms with van der Waals surface area (Å²) in [7, 11) is 0. The molecule has 2 nitrogen and oxygen atoms in total. The molecule has 0 radical (unpaired) electrons. The molecule has 1 N–H and O–H groups in total. The fraction of sp³-hybridized carbons (Fsp3) is 0.267. The molecule has 0 saturated carbocycles. The van der Waals surface area contributed by atoms with Crippen LogP contribution in [0.25, 0.3) is 0 Å². The SMILES string of the molecule is CCc1ccc(CNc2ccc(CC#N)cc2)s1. The Kier molecular flexibility index (Phi) is 4.38. The molecule has 2 rings (SSSR count). The number of hydrogen-bond acceptors (Lipinski definition) is 3. The number of aryl methyl sites for hydroxylation is 1. The highest BCUT2D eigenvalue weighted by atomic mass is 32.1. The average Bonchev–Trinajstić information content (AvgIpc) is 2.86. The summed E-state index contributed by atoms with van der Waals surface area (Å²) in [6.45, 7) is 3.04. The largest absolute Gasteiger partial charge is 0.380 e. The van der Waals surface area contributed by atoms with Gasteiger partial charge in [-0.1, -0.05) is 19.1 Å². The number of nitrogens with zero attached hydrogens (tertiary/aromatic N) is 1. The predicted molar refractivity (Wildman–Crippen MR) is 76.8 cm³/mol. The lowest BCUT2D eigenvalue weighted by Gasteiger charge is -2.05. The Morgan fingerprint density at radius 3 is 2.44 bits per heavy atom. The Morgan fingerprint density at radius 1 is 1.11 bits per heavy atom. The van der Waals surface area contributed by atoms with Crippen LogP contribution in [0.4, 0.5) is 5.69 Å². The summed E-state index contributed by atoms with van der Waals surface area (Å²) in [5.41, 5.74) is 2.16. The second kappa shape index (κ2) is 6.23. The molecule has 0 aliphatic carbocycles. The molecule has 0 atom stereocenters. The first-order valence-corrected chi connectivity index (χ1v) is 6.91. The number of anilines is 1. The van der Waals surface area contributed by atoms with E-state index in [4.69, 9.17) is 5.26 Å². The van der Waals surface area contributed by atoms with Crippen molar-refractivity contribution in [3.8, 4) is 6.07 Å². The molecular weight excluding hydrogens is 240 g/mol. The zero-order chi connectivity index (χ0) is 12.8. The fourth-order valence-electron chi connectivity index (χ4n) is 1.73. The maximum atomic E-state index is 8.60. The lowest BCUT2D eigenvalue weighted by atomic mass is 10.1. The van der Waals surface area contributed by atoms with Gasteiger partial charge >= 0.3 is 0 Å². The highest BCUT2D eigenvalue weighted by Gasteiger charge is 1.99. The minimum atomic E-state index is 0.477. The summed E-state index contributed by atoms with van der Waals surface area (Å²) >= 11 is 1.86. The topological polar surface area (TPSA) is 35.8 Å². The van der Waals surface area contributed by atoms with E-state index < -0.39 is 0 Å². The van der Waals surface area contributed by atoms with E-state index in [0.717, 1.165) is 24.2 Å². The molecule has 3 heteroatoms. The maximum Gasteiger partial charge on any atom is 0.0669 e. The molecule has 0 fully saturated rings. The normalized spacial score (nSPS) is 10.0. The van der Waals surface area contributed by atoms with E-state index in [2.05, 4.69) is 30.4 Å². The van der Waals surface area contributed by atoms with Crippen LogP contribution in [-0.4, -0.2) is 0 Å². The number of benzene rings is 1. The van der Waals surface area contributed by atoms with Crippen molar-refractivity contribution >= 4 is 17.0 Å². The van der Waals surface area contributed by atoms with Gasteiger partial charge in [-0.2, -0.15) is 5.26 Å². The van der Waals surface area contributed by atoms with Crippen LogP contribution in [-0.2, 0) is 19.4 Å². The van der Waals surface area contributed by atoms with E-state index in [1.807, 2.05) is 35.6 Å². The summed E-state index contributed by atoms with van der Waals surface area (Å²) in [5.74, 6) is 0. The molecule has 0 aliphatic rings. The first-order valence-electron chi connectivity index (χ1n) is 6.09. The van der Waals surface area contributed by atoms with Gasteiger partial charge in [0, 0.05) is 22.0 Å². The summed E-state index contributed by atoms with van der Waals surface area (Å²) in [6.07, 6.45) is 1.58. The van der Waals surface area contributed by atoms with Gasteiger partial charge in [0.05, 0.1) is 12.5 Å². The molecule has 0 bridgehead atoms. The Labute approximate surface area is 112 Å². The number of nitrogens with one attached hydrogen (secondary N) is 1. The van der Waals surface area contributed by atoms with Gasteiger partial charge in [-0.25, -0.2) is 0 Å². The summed E-state index contributed by atoms with van der Waals surface area (Å²) < 4.78 is 0. The zero-order valence-electron chi connectivity index (χ0n) is 10.4. The fourth-order valence-corrected chi connectivity index (χ4v) is 2.63. The quantitative estimate of drug-likeness (QED) is 0.878. The molecule has 1 aromatic carbocycles. The van der Waals surface area contributed by atoms with E-state index in [1.165, 1.54) is 9.75 Å². The van der Waals surface area contributed by atoms with Crippen LogP contribution in [0.5, 0.6) is 0 Å². The molecule has 0 unspecified atom stereocenters. The van der Waals surface area contributed by atoms with Crippen LogP contribution < -0.4 is 5.32 Å². The molecule has 0 aliphatic heterocycles. The van der Waals surface area contributed by atoms with Gasteiger partial charge in [0.15, 0.2) is 0 Å². The van der Waals surface area contributed by atoms with Gasteiger partial charge in [0.25, 0.3) is 0 Å². The monoisotopic (exact) mass is 256 g/mol. The molecule has 0 spiro atoms. The molecular formula is C15H16N2S. The van der Waals surface area contributed by atoms with Crippen molar-refractivity contribution in [2.45, 2.75) is 26.3 Å². The van der Waals surface area contributed by atoms with Crippen LogP contribution in [0, 0.1) is 11.3 Å². The highest BCUT2D eigenvalue weighted by molar-refractivity contribution is 7.12. The summed E-state index contributed by atoms with van der Waals surface area (Å²) in [6, 6.07) is 14.6. The van der Waals surface area contributed by atoms with Crippen LogP contribution >= 0.6 is 11.3 Å². The van der Waals surface area contributed by atoms with Gasteiger partial charge in [0.1, 0.15) is 0 Å². The number of hydrogen-bond donors (Lipinski definition) is 1. The third kappa shape index (κ3) is 3.35. The summed E-state index contributed by atoms with van der Waals surface area (Å²) in [4.78, 5) is 2.78. The third-order valence-corrected chi connectivity index (χ3v) is 4.00. The second-order valence-corrected chi connectivity index (χ2v) is 5.36. The smallest absolute Gasteiger partial charge is 0.0669 e. The van der Waals surface area contributed by atoms with Crippen LogP contribution in [0.3, 0.4) is 0 Å². The Bertz CT molecular complexity index is 534. The van der Waals surface area contributed by atoms with Gasteiger partial charge in [0.2, 0.25) is 0 Å². The lowest BCUT2D eigenvalue weighted by Crippen LogP contribution is -1.97. The van der Waals surface area contributed by atoms with Gasteiger partial charge in [-0.15, -0.1) is 11.3 Å². The van der Waals surface area contributed by atoms with E-state index >= 15 is 0 Å². The molecule has 18 heavy (non-hydrogen) atoms. The maximum absolute atomic E-state index is 8.60. The highest BCUT2D eigenvalue weighted by Crippen LogP contribution is 2.18. The minimum Gasteiger partial charge on any atom is -0.380 e. The van der Waals surface area contributed by atoms with E-state index in [0.29, 0.717) is 6.42 Å². The molecule has 0 amide bonds. The van der Waals surface area contributed by atoms with E-state index in [9.17, 15) is 0 Å². The van der Waals surface area contributed by atoms with Gasteiger partial charge in [-0.3, -0.25) is 0 Å². The van der Waals surface area contributed by atoms with Gasteiger partial charge < -0.3 is 5.32 Å². The Balaban J connectivity index is 1.91. The van der Waals surface area contributed by atoms with Crippen molar-refractivity contribution in [2.75, 3.05) is 5.32 Å². The van der Waals surface area contributed by atoms with Crippen LogP contribution in [0.1, 0.15) is 22.2 Å². The average molecular weight is 256 g/mol. The molecule has 1 heterocycles. The van der Waals surface area contributed by atoms with Crippen molar-refractivity contribution < 1.29 is 0 Å². The van der Waals surface area contributed by atoms with E-state index in [-0.39, 0.29) is 0 Å².